The molecule has 0 radical (unpaired) electrons. The molecule has 1 heterocycles. The maximum absolute atomic E-state index is 14.0. The molecule has 0 saturated carbocycles. The fourth-order valence-electron chi connectivity index (χ4n) is 2.51. The Morgan fingerprint density at radius 2 is 1.39 bits per heavy atom. The molecule has 0 bridgehead atoms. The number of carbonyl (C=O) groups is 1. The summed E-state index contributed by atoms with van der Waals surface area (Å²) < 4.78 is 91.6. The van der Waals surface area contributed by atoms with E-state index in [0.29, 0.717) is 0 Å². The summed E-state index contributed by atoms with van der Waals surface area (Å²) in [5.41, 5.74) is -1.03. The monoisotopic (exact) mass is 337 g/mol. The minimum absolute atomic E-state index is 0.0855. The quantitative estimate of drug-likeness (QED) is 0.580. The number of anilines is 1. The lowest BCUT2D eigenvalue weighted by Gasteiger charge is -2.34. The van der Waals surface area contributed by atoms with Gasteiger partial charge in [-0.1, -0.05) is 24.3 Å². The molecule has 2 aromatic carbocycles. The fourth-order valence-corrected chi connectivity index (χ4v) is 2.51. The number of carbonyl (C=O) groups excluding carboxylic acids is 1. The van der Waals surface area contributed by atoms with Gasteiger partial charge in [0.25, 0.3) is 5.91 Å². The van der Waals surface area contributed by atoms with Crippen LogP contribution in [0.3, 0.4) is 0 Å². The lowest BCUT2D eigenvalue weighted by atomic mass is 10.1. The minimum atomic E-state index is -6.51. The van der Waals surface area contributed by atoms with Crippen molar-refractivity contribution in [1.82, 2.24) is 0 Å². The first kappa shape index (κ1) is 15.6. The second kappa shape index (κ2) is 4.36. The SMILES string of the molecule is O=C1c2cccc3cccc(c23)N1C(F)(F)C(F)(F)C(F)(F)F. The topological polar surface area (TPSA) is 20.3 Å². The van der Waals surface area contributed by atoms with Crippen molar-refractivity contribution < 1.29 is 35.5 Å². The number of rotatable bonds is 2. The van der Waals surface area contributed by atoms with Crippen LogP contribution in [0.25, 0.3) is 10.8 Å². The van der Waals surface area contributed by atoms with Gasteiger partial charge >= 0.3 is 18.1 Å². The van der Waals surface area contributed by atoms with E-state index >= 15 is 0 Å². The molecule has 0 aliphatic carbocycles. The van der Waals surface area contributed by atoms with Crippen molar-refractivity contribution in [2.75, 3.05) is 4.90 Å². The van der Waals surface area contributed by atoms with E-state index < -0.39 is 34.6 Å². The second-order valence-corrected chi connectivity index (χ2v) is 4.93. The van der Waals surface area contributed by atoms with Crippen LogP contribution < -0.4 is 4.90 Å². The molecule has 0 unspecified atom stereocenters. The normalized spacial score (nSPS) is 15.6. The van der Waals surface area contributed by atoms with Crippen molar-refractivity contribution in [3.63, 3.8) is 0 Å². The van der Waals surface area contributed by atoms with E-state index in [0.717, 1.165) is 12.1 Å². The third kappa shape index (κ3) is 1.85. The Morgan fingerprint density at radius 3 is 1.96 bits per heavy atom. The molecule has 0 aromatic heterocycles. The summed E-state index contributed by atoms with van der Waals surface area (Å²) in [6, 6.07) is 1.60. The summed E-state index contributed by atoms with van der Waals surface area (Å²) in [6.07, 6.45) is -6.51. The first-order valence-electron chi connectivity index (χ1n) is 6.19. The van der Waals surface area contributed by atoms with Crippen LogP contribution in [0, 0.1) is 0 Å². The molecular weight excluding hydrogens is 331 g/mol. The number of halogens is 7. The van der Waals surface area contributed by atoms with Crippen molar-refractivity contribution >= 4 is 22.4 Å². The van der Waals surface area contributed by atoms with E-state index in [1.165, 1.54) is 24.3 Å². The minimum Gasteiger partial charge on any atom is -0.268 e. The molecule has 2 aromatic rings. The van der Waals surface area contributed by atoms with Gasteiger partial charge in [0.2, 0.25) is 0 Å². The van der Waals surface area contributed by atoms with E-state index in [4.69, 9.17) is 0 Å². The van der Waals surface area contributed by atoms with Crippen LogP contribution in [-0.4, -0.2) is 24.1 Å². The van der Waals surface area contributed by atoms with Crippen LogP contribution in [0.5, 0.6) is 0 Å². The Kier molecular flexibility index (Phi) is 2.95. The molecule has 122 valence electrons. The van der Waals surface area contributed by atoms with Gasteiger partial charge in [-0.3, -0.25) is 4.79 Å². The third-order valence-corrected chi connectivity index (χ3v) is 3.57. The first-order valence-corrected chi connectivity index (χ1v) is 6.19. The van der Waals surface area contributed by atoms with E-state index in [9.17, 15) is 35.5 Å². The molecule has 2 nitrogen and oxygen atoms in total. The smallest absolute Gasteiger partial charge is 0.268 e. The molecule has 23 heavy (non-hydrogen) atoms. The zero-order valence-electron chi connectivity index (χ0n) is 11.0. The van der Waals surface area contributed by atoms with Gasteiger partial charge in [-0.15, -0.1) is 0 Å². The Hall–Kier alpha value is -2.32. The van der Waals surface area contributed by atoms with Crippen molar-refractivity contribution in [2.24, 2.45) is 0 Å². The van der Waals surface area contributed by atoms with Crippen molar-refractivity contribution in [1.29, 1.82) is 0 Å². The molecule has 1 amide bonds. The highest BCUT2D eigenvalue weighted by Gasteiger charge is 2.77. The van der Waals surface area contributed by atoms with Gasteiger partial charge in [-0.25, -0.2) is 4.90 Å². The van der Waals surface area contributed by atoms with Crippen LogP contribution in [0.4, 0.5) is 36.4 Å². The molecule has 0 N–H and O–H groups in total. The van der Waals surface area contributed by atoms with Gasteiger partial charge in [0.05, 0.1) is 11.3 Å². The highest BCUT2D eigenvalue weighted by molar-refractivity contribution is 6.25. The van der Waals surface area contributed by atoms with Crippen molar-refractivity contribution in [3.05, 3.63) is 42.0 Å². The van der Waals surface area contributed by atoms with E-state index in [-0.39, 0.29) is 16.3 Å². The number of alkyl halides is 7. The number of nitrogens with zero attached hydrogens (tertiary/aromatic N) is 1. The van der Waals surface area contributed by atoms with Gasteiger partial charge in [0, 0.05) is 5.39 Å². The standard InChI is InChI=1S/C14H6F7NO/c15-12(16,13(17,18)19)14(20,21)22-9-6-2-4-7-3-1-5-8(10(7)9)11(22)23/h1-6H. The number of hydrogen-bond acceptors (Lipinski definition) is 1. The van der Waals surface area contributed by atoms with E-state index in [1.807, 2.05) is 0 Å². The molecule has 0 spiro atoms. The maximum atomic E-state index is 14.0. The van der Waals surface area contributed by atoms with E-state index in [2.05, 4.69) is 0 Å². The number of amides is 1. The lowest BCUT2D eigenvalue weighted by Crippen LogP contribution is -2.62. The lowest BCUT2D eigenvalue weighted by molar-refractivity contribution is -0.351. The molecule has 1 aliphatic heterocycles. The van der Waals surface area contributed by atoms with Gasteiger partial charge in [-0.05, 0) is 17.5 Å². The van der Waals surface area contributed by atoms with Gasteiger partial charge in [0.1, 0.15) is 0 Å². The zero-order valence-corrected chi connectivity index (χ0v) is 11.0. The highest BCUT2D eigenvalue weighted by atomic mass is 19.4. The summed E-state index contributed by atoms with van der Waals surface area (Å²) >= 11 is 0. The van der Waals surface area contributed by atoms with Crippen LogP contribution in [0.2, 0.25) is 0 Å². The Balaban J connectivity index is 2.24. The zero-order chi connectivity index (χ0) is 17.2. The molecule has 1 aliphatic rings. The molecule has 3 rings (SSSR count). The highest BCUT2D eigenvalue weighted by Crippen LogP contribution is 2.52. The Morgan fingerprint density at radius 1 is 0.826 bits per heavy atom. The summed E-state index contributed by atoms with van der Waals surface area (Å²) in [5.74, 6) is -8.01. The van der Waals surface area contributed by atoms with Crippen LogP contribution in [-0.2, 0) is 0 Å². The average Bonchev–Trinajstić information content (AvgIpc) is 2.73. The number of benzene rings is 2. The summed E-state index contributed by atoms with van der Waals surface area (Å²) in [5, 5.41) is 0.194. The predicted molar refractivity (Wildman–Crippen MR) is 66.7 cm³/mol. The summed E-state index contributed by atoms with van der Waals surface area (Å²) in [4.78, 5) is 11.3. The molecule has 9 heteroatoms. The average molecular weight is 337 g/mol. The van der Waals surface area contributed by atoms with Crippen molar-refractivity contribution in [3.8, 4) is 0 Å². The Labute approximate surface area is 124 Å². The van der Waals surface area contributed by atoms with Crippen LogP contribution >= 0.6 is 0 Å². The van der Waals surface area contributed by atoms with Gasteiger partial charge in [-0.2, -0.15) is 30.7 Å². The Bertz CT molecular complexity index is 807. The first-order chi connectivity index (χ1) is 10.5. The fraction of sp³-hybridized carbons (Fsp3) is 0.214. The molecule has 0 atom stereocenters. The maximum Gasteiger partial charge on any atom is 0.462 e. The largest absolute Gasteiger partial charge is 0.462 e. The van der Waals surface area contributed by atoms with E-state index in [1.54, 1.807) is 0 Å². The predicted octanol–water partition coefficient (Wildman–Crippen LogP) is 4.59. The van der Waals surface area contributed by atoms with Gasteiger partial charge < -0.3 is 0 Å². The van der Waals surface area contributed by atoms with Gasteiger partial charge in [0.15, 0.2) is 0 Å². The summed E-state index contributed by atoms with van der Waals surface area (Å²) in [6.45, 7) is 0. The van der Waals surface area contributed by atoms with Crippen LogP contribution in [0.1, 0.15) is 10.4 Å². The molecule has 0 saturated heterocycles. The number of hydrogen-bond donors (Lipinski definition) is 0. The molecule has 0 fully saturated rings. The second-order valence-electron chi connectivity index (χ2n) is 4.93. The summed E-state index contributed by atoms with van der Waals surface area (Å²) in [7, 11) is 0. The third-order valence-electron chi connectivity index (χ3n) is 3.57. The molecular formula is C14H6F7NO. The van der Waals surface area contributed by atoms with Crippen LogP contribution in [0.15, 0.2) is 36.4 Å². The van der Waals surface area contributed by atoms with Crippen molar-refractivity contribution in [2.45, 2.75) is 18.1 Å².